The highest BCUT2D eigenvalue weighted by molar-refractivity contribution is 5.92. The number of aryl methyl sites for hydroxylation is 1. The fraction of sp³-hybridized carbons (Fsp3) is 0.273. The zero-order chi connectivity index (χ0) is 11.7. The Labute approximate surface area is 92.5 Å². The molecule has 5 nitrogen and oxygen atoms in total. The van der Waals surface area contributed by atoms with Crippen LogP contribution in [0, 0.1) is 0 Å². The maximum atomic E-state index is 10.8. The molecule has 0 aliphatic heterocycles. The molecule has 3 N–H and O–H groups in total. The SMILES string of the molecule is Cn1c(CCN)nc2ccc(C(=O)O)cc21. The Morgan fingerprint density at radius 2 is 2.31 bits per heavy atom. The number of aromatic carboxylic acids is 1. The number of rotatable bonds is 3. The van der Waals surface area contributed by atoms with Crippen LogP contribution in [0.3, 0.4) is 0 Å². The van der Waals surface area contributed by atoms with Crippen molar-refractivity contribution in [2.75, 3.05) is 6.54 Å². The van der Waals surface area contributed by atoms with Crippen molar-refractivity contribution in [3.8, 4) is 0 Å². The van der Waals surface area contributed by atoms with Gasteiger partial charge in [-0.15, -0.1) is 0 Å². The summed E-state index contributed by atoms with van der Waals surface area (Å²) in [5, 5.41) is 8.90. The molecule has 0 saturated heterocycles. The molecule has 16 heavy (non-hydrogen) atoms. The largest absolute Gasteiger partial charge is 0.478 e. The number of hydrogen-bond acceptors (Lipinski definition) is 3. The fourth-order valence-electron chi connectivity index (χ4n) is 1.73. The van der Waals surface area contributed by atoms with Gasteiger partial charge >= 0.3 is 5.97 Å². The van der Waals surface area contributed by atoms with E-state index in [1.807, 2.05) is 11.6 Å². The third-order valence-electron chi connectivity index (χ3n) is 2.59. The van der Waals surface area contributed by atoms with Crippen molar-refractivity contribution in [1.82, 2.24) is 9.55 Å². The van der Waals surface area contributed by atoms with Crippen molar-refractivity contribution >= 4 is 17.0 Å². The molecule has 84 valence electrons. The minimum Gasteiger partial charge on any atom is -0.478 e. The van der Waals surface area contributed by atoms with Crippen molar-refractivity contribution in [3.05, 3.63) is 29.6 Å². The first-order valence-electron chi connectivity index (χ1n) is 5.02. The summed E-state index contributed by atoms with van der Waals surface area (Å²) in [5.74, 6) is -0.0523. The van der Waals surface area contributed by atoms with E-state index in [9.17, 15) is 4.79 Å². The molecule has 0 aliphatic carbocycles. The van der Waals surface area contributed by atoms with E-state index >= 15 is 0 Å². The van der Waals surface area contributed by atoms with E-state index in [1.54, 1.807) is 18.2 Å². The molecule has 0 unspecified atom stereocenters. The fourth-order valence-corrected chi connectivity index (χ4v) is 1.73. The lowest BCUT2D eigenvalue weighted by atomic mass is 10.2. The Morgan fingerprint density at radius 1 is 1.56 bits per heavy atom. The maximum absolute atomic E-state index is 10.8. The minimum atomic E-state index is -0.927. The van der Waals surface area contributed by atoms with Gasteiger partial charge in [0.2, 0.25) is 0 Å². The second-order valence-corrected chi connectivity index (χ2v) is 3.63. The number of carboxylic acids is 1. The molecule has 1 aromatic heterocycles. The third kappa shape index (κ3) is 1.65. The molecule has 0 amide bonds. The average Bonchev–Trinajstić information content (AvgIpc) is 2.56. The normalized spacial score (nSPS) is 10.9. The first-order valence-corrected chi connectivity index (χ1v) is 5.02. The van der Waals surface area contributed by atoms with Gasteiger partial charge in [-0.2, -0.15) is 0 Å². The van der Waals surface area contributed by atoms with E-state index < -0.39 is 5.97 Å². The number of benzene rings is 1. The van der Waals surface area contributed by atoms with Gasteiger partial charge in [-0.25, -0.2) is 9.78 Å². The van der Waals surface area contributed by atoms with Gasteiger partial charge in [0.25, 0.3) is 0 Å². The van der Waals surface area contributed by atoms with Crippen LogP contribution in [0.1, 0.15) is 16.2 Å². The molecular formula is C11H13N3O2. The first-order chi connectivity index (χ1) is 7.63. The van der Waals surface area contributed by atoms with Gasteiger partial charge in [-0.05, 0) is 24.7 Å². The van der Waals surface area contributed by atoms with Gasteiger partial charge < -0.3 is 15.4 Å². The van der Waals surface area contributed by atoms with Gasteiger partial charge in [0, 0.05) is 13.5 Å². The van der Waals surface area contributed by atoms with Gasteiger partial charge in [0.1, 0.15) is 5.82 Å². The Morgan fingerprint density at radius 3 is 2.94 bits per heavy atom. The molecule has 0 atom stereocenters. The summed E-state index contributed by atoms with van der Waals surface area (Å²) < 4.78 is 1.88. The van der Waals surface area contributed by atoms with E-state index in [0.29, 0.717) is 13.0 Å². The van der Waals surface area contributed by atoms with E-state index in [4.69, 9.17) is 10.8 Å². The minimum absolute atomic E-state index is 0.273. The Hall–Kier alpha value is -1.88. The number of nitrogens with two attached hydrogens (primary N) is 1. The number of hydrogen-bond donors (Lipinski definition) is 2. The van der Waals surface area contributed by atoms with Crippen molar-refractivity contribution in [2.45, 2.75) is 6.42 Å². The Kier molecular flexibility index (Phi) is 2.62. The Bertz CT molecular complexity index is 545. The van der Waals surface area contributed by atoms with Crippen molar-refractivity contribution in [1.29, 1.82) is 0 Å². The van der Waals surface area contributed by atoms with Crippen LogP contribution in [0.2, 0.25) is 0 Å². The van der Waals surface area contributed by atoms with Gasteiger partial charge in [-0.1, -0.05) is 0 Å². The van der Waals surface area contributed by atoms with Crippen molar-refractivity contribution in [2.24, 2.45) is 12.8 Å². The molecule has 0 bridgehead atoms. The maximum Gasteiger partial charge on any atom is 0.335 e. The van der Waals surface area contributed by atoms with Crippen LogP contribution >= 0.6 is 0 Å². The van der Waals surface area contributed by atoms with Gasteiger partial charge in [0.05, 0.1) is 16.6 Å². The monoisotopic (exact) mass is 219 g/mol. The molecule has 0 spiro atoms. The predicted molar refractivity (Wildman–Crippen MR) is 60.4 cm³/mol. The molecule has 0 fully saturated rings. The van der Waals surface area contributed by atoms with E-state index in [-0.39, 0.29) is 5.56 Å². The van der Waals surface area contributed by atoms with Crippen LogP contribution in [-0.4, -0.2) is 27.2 Å². The number of carboxylic acid groups (broad SMARTS) is 1. The smallest absolute Gasteiger partial charge is 0.335 e. The van der Waals surface area contributed by atoms with Crippen LogP contribution in [-0.2, 0) is 13.5 Å². The highest BCUT2D eigenvalue weighted by atomic mass is 16.4. The molecule has 0 saturated carbocycles. The summed E-state index contributed by atoms with van der Waals surface area (Å²) in [4.78, 5) is 15.2. The third-order valence-corrected chi connectivity index (χ3v) is 2.59. The molecule has 5 heteroatoms. The van der Waals surface area contributed by atoms with Gasteiger partial charge in [0.15, 0.2) is 0 Å². The summed E-state index contributed by atoms with van der Waals surface area (Å²) in [6.07, 6.45) is 0.688. The van der Waals surface area contributed by atoms with E-state index in [2.05, 4.69) is 4.98 Å². The highest BCUT2D eigenvalue weighted by Gasteiger charge is 2.10. The van der Waals surface area contributed by atoms with Crippen LogP contribution in [0.4, 0.5) is 0 Å². The van der Waals surface area contributed by atoms with Crippen LogP contribution in [0.5, 0.6) is 0 Å². The highest BCUT2D eigenvalue weighted by Crippen LogP contribution is 2.17. The summed E-state index contributed by atoms with van der Waals surface area (Å²) in [6.45, 7) is 0.531. The lowest BCUT2D eigenvalue weighted by molar-refractivity contribution is 0.0697. The molecule has 2 aromatic rings. The molecule has 0 radical (unpaired) electrons. The van der Waals surface area contributed by atoms with Crippen molar-refractivity contribution in [3.63, 3.8) is 0 Å². The summed E-state index contributed by atoms with van der Waals surface area (Å²) in [7, 11) is 1.87. The second-order valence-electron chi connectivity index (χ2n) is 3.63. The van der Waals surface area contributed by atoms with E-state index in [1.165, 1.54) is 0 Å². The quantitative estimate of drug-likeness (QED) is 0.799. The molecule has 1 heterocycles. The van der Waals surface area contributed by atoms with Crippen molar-refractivity contribution < 1.29 is 9.90 Å². The van der Waals surface area contributed by atoms with Crippen LogP contribution in [0.25, 0.3) is 11.0 Å². The summed E-state index contributed by atoms with van der Waals surface area (Å²) in [6, 6.07) is 4.91. The number of fused-ring (bicyclic) bond motifs is 1. The Balaban J connectivity index is 2.59. The number of imidazole rings is 1. The second kappa shape index (κ2) is 3.94. The summed E-state index contributed by atoms with van der Waals surface area (Å²) >= 11 is 0. The molecular weight excluding hydrogens is 206 g/mol. The number of aromatic nitrogens is 2. The lowest BCUT2D eigenvalue weighted by Gasteiger charge is -2.00. The lowest BCUT2D eigenvalue weighted by Crippen LogP contribution is -2.07. The first kappa shape index (κ1) is 10.6. The standard InChI is InChI=1S/C11H13N3O2/c1-14-9-6-7(11(15)16)2-3-8(9)13-10(14)4-5-12/h2-3,6H,4-5,12H2,1H3,(H,15,16). The number of nitrogens with zero attached hydrogens (tertiary/aromatic N) is 2. The summed E-state index contributed by atoms with van der Waals surface area (Å²) in [5.41, 5.74) is 7.38. The molecule has 2 rings (SSSR count). The van der Waals surface area contributed by atoms with Gasteiger partial charge in [-0.3, -0.25) is 0 Å². The predicted octanol–water partition coefficient (Wildman–Crippen LogP) is 0.773. The zero-order valence-corrected chi connectivity index (χ0v) is 8.97. The zero-order valence-electron chi connectivity index (χ0n) is 8.97. The van der Waals surface area contributed by atoms with Crippen LogP contribution in [0.15, 0.2) is 18.2 Å². The van der Waals surface area contributed by atoms with E-state index in [0.717, 1.165) is 16.9 Å². The van der Waals surface area contributed by atoms with Crippen LogP contribution < -0.4 is 5.73 Å². The molecule has 1 aromatic carbocycles. The molecule has 0 aliphatic rings. The number of carbonyl (C=O) groups is 1. The topological polar surface area (TPSA) is 81.1 Å². The average molecular weight is 219 g/mol.